The van der Waals surface area contributed by atoms with Gasteiger partial charge in [-0.25, -0.2) is 4.98 Å². The van der Waals surface area contributed by atoms with Crippen LogP contribution in [0.15, 0.2) is 71.2 Å². The highest BCUT2D eigenvalue weighted by Gasteiger charge is 2.39. The maximum Gasteiger partial charge on any atom is 0.255 e. The Morgan fingerprint density at radius 2 is 2.03 bits per heavy atom. The number of halogens is 1. The zero-order valence-corrected chi connectivity index (χ0v) is 17.1. The van der Waals surface area contributed by atoms with Crippen molar-refractivity contribution in [2.24, 2.45) is 5.92 Å². The summed E-state index contributed by atoms with van der Waals surface area (Å²) in [5.41, 5.74) is 3.66. The van der Waals surface area contributed by atoms with Gasteiger partial charge in [0.1, 0.15) is 5.82 Å². The summed E-state index contributed by atoms with van der Waals surface area (Å²) in [6.45, 7) is 3.94. The minimum atomic E-state index is -0.464. The number of carbonyl (C=O) groups excluding carboxylic acids is 2. The molecule has 2 aromatic rings. The van der Waals surface area contributed by atoms with Gasteiger partial charge in [0, 0.05) is 46.1 Å². The number of dihydropyridines is 1. The molecule has 1 aliphatic heterocycles. The van der Waals surface area contributed by atoms with E-state index in [9.17, 15) is 9.59 Å². The monoisotopic (exact) mass is 407 g/mol. The fourth-order valence-electron chi connectivity index (χ4n) is 4.17. The van der Waals surface area contributed by atoms with Gasteiger partial charge in [0.25, 0.3) is 5.91 Å². The molecule has 2 N–H and O–H groups in total. The standard InChI is InChI=1S/C23H22ClN3O2/c1-13-10-17-22(18(28)11-13)21(15-6-5-7-16(24)12-15)20(14(2)26-17)23(29)27-19-8-3-4-9-25-19/h3-9,12-13,21,26H,10-11H2,1-2H3,(H,25,27,29). The predicted octanol–water partition coefficient (Wildman–Crippen LogP) is 4.59. The van der Waals surface area contributed by atoms with Gasteiger partial charge in [-0.3, -0.25) is 9.59 Å². The number of anilines is 1. The second-order valence-corrected chi connectivity index (χ2v) is 8.09. The number of allylic oxidation sites excluding steroid dienone is 3. The van der Waals surface area contributed by atoms with E-state index in [0.717, 1.165) is 23.4 Å². The quantitative estimate of drug-likeness (QED) is 0.780. The van der Waals surface area contributed by atoms with Crippen LogP contribution in [0.5, 0.6) is 0 Å². The molecule has 4 rings (SSSR count). The van der Waals surface area contributed by atoms with E-state index in [0.29, 0.717) is 28.4 Å². The van der Waals surface area contributed by atoms with Crippen LogP contribution in [0.25, 0.3) is 0 Å². The van der Waals surface area contributed by atoms with Crippen molar-refractivity contribution < 1.29 is 9.59 Å². The summed E-state index contributed by atoms with van der Waals surface area (Å²) in [5, 5.41) is 6.77. The Kier molecular flexibility index (Phi) is 5.24. The number of Topliss-reactive ketones (excluding diaryl/α,β-unsaturated/α-hetero) is 1. The molecule has 1 aromatic heterocycles. The summed E-state index contributed by atoms with van der Waals surface area (Å²) in [7, 11) is 0. The topological polar surface area (TPSA) is 71.1 Å². The van der Waals surface area contributed by atoms with Gasteiger partial charge in [-0.15, -0.1) is 0 Å². The average molecular weight is 408 g/mol. The Morgan fingerprint density at radius 3 is 2.76 bits per heavy atom. The van der Waals surface area contributed by atoms with Gasteiger partial charge in [0.15, 0.2) is 5.78 Å². The molecule has 2 atom stereocenters. The molecule has 2 heterocycles. The molecule has 148 valence electrons. The molecule has 0 spiro atoms. The highest BCUT2D eigenvalue weighted by Crippen LogP contribution is 2.43. The molecule has 0 saturated heterocycles. The van der Waals surface area contributed by atoms with Crippen molar-refractivity contribution in [3.8, 4) is 0 Å². The van der Waals surface area contributed by atoms with Crippen molar-refractivity contribution in [3.63, 3.8) is 0 Å². The number of benzene rings is 1. The van der Waals surface area contributed by atoms with E-state index in [1.807, 2.05) is 31.2 Å². The Labute approximate surface area is 174 Å². The minimum absolute atomic E-state index is 0.0758. The van der Waals surface area contributed by atoms with Crippen LogP contribution in [-0.4, -0.2) is 16.7 Å². The number of hydrogen-bond donors (Lipinski definition) is 2. The minimum Gasteiger partial charge on any atom is -0.362 e. The molecule has 5 nitrogen and oxygen atoms in total. The molecule has 2 aliphatic rings. The van der Waals surface area contributed by atoms with Crippen molar-refractivity contribution in [2.45, 2.75) is 32.6 Å². The van der Waals surface area contributed by atoms with E-state index < -0.39 is 5.92 Å². The summed E-state index contributed by atoms with van der Waals surface area (Å²) >= 11 is 6.25. The number of hydrogen-bond acceptors (Lipinski definition) is 4. The molecule has 29 heavy (non-hydrogen) atoms. The van der Waals surface area contributed by atoms with Crippen molar-refractivity contribution in [1.29, 1.82) is 0 Å². The summed E-state index contributed by atoms with van der Waals surface area (Å²) in [6, 6.07) is 12.7. The van der Waals surface area contributed by atoms with Gasteiger partial charge in [0.05, 0.1) is 0 Å². The SMILES string of the molecule is CC1=C(C(=O)Nc2ccccn2)C(c2cccc(Cl)c2)C2=C(CC(C)CC2=O)N1. The number of nitrogens with one attached hydrogen (secondary N) is 2. The summed E-state index contributed by atoms with van der Waals surface area (Å²) < 4.78 is 0. The average Bonchev–Trinajstić information content (AvgIpc) is 2.67. The number of rotatable bonds is 3. The van der Waals surface area contributed by atoms with E-state index in [4.69, 9.17) is 11.6 Å². The third-order valence-electron chi connectivity index (χ3n) is 5.36. The van der Waals surface area contributed by atoms with Gasteiger partial charge < -0.3 is 10.6 Å². The van der Waals surface area contributed by atoms with Crippen LogP contribution in [0.4, 0.5) is 5.82 Å². The van der Waals surface area contributed by atoms with E-state index in [1.54, 1.807) is 24.4 Å². The second kappa shape index (κ2) is 7.84. The number of nitrogens with zero attached hydrogens (tertiary/aromatic N) is 1. The molecule has 1 amide bonds. The Hall–Kier alpha value is -2.92. The Morgan fingerprint density at radius 1 is 1.21 bits per heavy atom. The van der Waals surface area contributed by atoms with Gasteiger partial charge in [-0.05, 0) is 49.1 Å². The first-order valence-electron chi connectivity index (χ1n) is 9.66. The Bertz CT molecular complexity index is 1040. The first-order chi connectivity index (χ1) is 13.9. The van der Waals surface area contributed by atoms with Crippen molar-refractivity contribution in [1.82, 2.24) is 10.3 Å². The highest BCUT2D eigenvalue weighted by atomic mass is 35.5. The zero-order chi connectivity index (χ0) is 20.5. The fraction of sp³-hybridized carbons (Fsp3) is 0.261. The molecule has 6 heteroatoms. The van der Waals surface area contributed by atoms with Gasteiger partial charge >= 0.3 is 0 Å². The predicted molar refractivity (Wildman–Crippen MR) is 113 cm³/mol. The van der Waals surface area contributed by atoms with E-state index >= 15 is 0 Å². The van der Waals surface area contributed by atoms with Gasteiger partial charge in [-0.1, -0.05) is 36.7 Å². The lowest BCUT2D eigenvalue weighted by Crippen LogP contribution is -2.37. The number of amides is 1. The third kappa shape index (κ3) is 3.83. The lowest BCUT2D eigenvalue weighted by atomic mass is 9.73. The molecule has 0 fully saturated rings. The number of carbonyl (C=O) groups is 2. The normalized spacial score (nSPS) is 21.6. The smallest absolute Gasteiger partial charge is 0.255 e. The number of ketones is 1. The maximum absolute atomic E-state index is 13.3. The number of aromatic nitrogens is 1. The van der Waals surface area contributed by atoms with Crippen molar-refractivity contribution >= 4 is 29.1 Å². The largest absolute Gasteiger partial charge is 0.362 e. The molecule has 0 radical (unpaired) electrons. The van der Waals surface area contributed by atoms with Crippen LogP contribution in [0, 0.1) is 5.92 Å². The molecule has 0 bridgehead atoms. The van der Waals surface area contributed by atoms with E-state index in [2.05, 4.69) is 22.5 Å². The zero-order valence-electron chi connectivity index (χ0n) is 16.3. The highest BCUT2D eigenvalue weighted by molar-refractivity contribution is 6.30. The van der Waals surface area contributed by atoms with Crippen LogP contribution >= 0.6 is 11.6 Å². The molecule has 1 aliphatic carbocycles. The molecular weight excluding hydrogens is 386 g/mol. The molecule has 0 saturated carbocycles. The first-order valence-corrected chi connectivity index (χ1v) is 10.0. The summed E-state index contributed by atoms with van der Waals surface area (Å²) in [6.07, 6.45) is 2.88. The summed E-state index contributed by atoms with van der Waals surface area (Å²) in [4.78, 5) is 30.5. The van der Waals surface area contributed by atoms with Crippen molar-refractivity contribution in [3.05, 3.63) is 81.8 Å². The third-order valence-corrected chi connectivity index (χ3v) is 5.60. The van der Waals surface area contributed by atoms with E-state index in [1.165, 1.54) is 0 Å². The Balaban J connectivity index is 1.81. The maximum atomic E-state index is 13.3. The first kappa shape index (κ1) is 19.4. The summed E-state index contributed by atoms with van der Waals surface area (Å²) in [5.74, 6) is 0.0636. The van der Waals surface area contributed by atoms with Crippen LogP contribution < -0.4 is 10.6 Å². The number of pyridine rings is 1. The van der Waals surface area contributed by atoms with Crippen LogP contribution in [0.3, 0.4) is 0 Å². The lowest BCUT2D eigenvalue weighted by Gasteiger charge is -2.36. The van der Waals surface area contributed by atoms with Crippen LogP contribution in [0.2, 0.25) is 5.02 Å². The molecule has 2 unspecified atom stereocenters. The van der Waals surface area contributed by atoms with Gasteiger partial charge in [-0.2, -0.15) is 0 Å². The van der Waals surface area contributed by atoms with Crippen molar-refractivity contribution in [2.75, 3.05) is 5.32 Å². The van der Waals surface area contributed by atoms with Crippen LogP contribution in [-0.2, 0) is 9.59 Å². The second-order valence-electron chi connectivity index (χ2n) is 7.65. The van der Waals surface area contributed by atoms with Gasteiger partial charge in [0.2, 0.25) is 0 Å². The molecular formula is C23H22ClN3O2. The van der Waals surface area contributed by atoms with E-state index in [-0.39, 0.29) is 17.6 Å². The lowest BCUT2D eigenvalue weighted by molar-refractivity contribution is -0.117. The fourth-order valence-corrected chi connectivity index (χ4v) is 4.37. The van der Waals surface area contributed by atoms with Crippen LogP contribution in [0.1, 0.15) is 38.2 Å². The molecule has 1 aromatic carbocycles.